The predicted molar refractivity (Wildman–Crippen MR) is 46.7 cm³/mol. The quantitative estimate of drug-likeness (QED) is 0.584. The summed E-state index contributed by atoms with van der Waals surface area (Å²) in [6.45, 7) is 0.904. The molecule has 3 nitrogen and oxygen atoms in total. The van der Waals surface area contributed by atoms with Crippen LogP contribution in [0.3, 0.4) is 0 Å². The van der Waals surface area contributed by atoms with Gasteiger partial charge in [0.05, 0.1) is 0 Å². The van der Waals surface area contributed by atoms with E-state index >= 15 is 0 Å². The van der Waals surface area contributed by atoms with E-state index in [9.17, 15) is 4.79 Å². The molecule has 1 aliphatic carbocycles. The van der Waals surface area contributed by atoms with Crippen LogP contribution in [0, 0.1) is 11.8 Å². The molecule has 1 aliphatic heterocycles. The largest absolute Gasteiger partial charge is 0.356 e. The van der Waals surface area contributed by atoms with E-state index in [-0.39, 0.29) is 5.91 Å². The number of fused-ring (bicyclic) bond motifs is 1. The lowest BCUT2D eigenvalue weighted by molar-refractivity contribution is -0.124. The molecule has 1 amide bonds. The number of carbonyl (C=O) groups excluding carboxylic acids is 1. The second-order valence-electron chi connectivity index (χ2n) is 3.99. The van der Waals surface area contributed by atoms with Crippen molar-refractivity contribution in [1.82, 2.24) is 10.6 Å². The fourth-order valence-electron chi connectivity index (χ4n) is 2.50. The van der Waals surface area contributed by atoms with Crippen LogP contribution >= 0.6 is 0 Å². The van der Waals surface area contributed by atoms with Gasteiger partial charge in [0.2, 0.25) is 5.91 Å². The van der Waals surface area contributed by atoms with Crippen molar-refractivity contribution < 1.29 is 4.79 Å². The van der Waals surface area contributed by atoms with Crippen LogP contribution in [0.25, 0.3) is 0 Å². The molecule has 1 saturated carbocycles. The number of nitrogens with one attached hydrogen (secondary N) is 2. The molecule has 0 spiro atoms. The number of hydrogen-bond acceptors (Lipinski definition) is 2. The van der Waals surface area contributed by atoms with Crippen LogP contribution in [0.15, 0.2) is 0 Å². The van der Waals surface area contributed by atoms with Gasteiger partial charge in [-0.15, -0.1) is 0 Å². The molecular formula is C9H16N2O. The number of piperidine rings is 1. The number of hydrogen-bond donors (Lipinski definition) is 2. The maximum atomic E-state index is 11.1. The van der Waals surface area contributed by atoms with Gasteiger partial charge in [-0.05, 0) is 31.7 Å². The Bertz CT molecular complexity index is 193. The van der Waals surface area contributed by atoms with E-state index in [1.807, 2.05) is 7.05 Å². The van der Waals surface area contributed by atoms with Gasteiger partial charge in [-0.2, -0.15) is 0 Å². The fourth-order valence-corrected chi connectivity index (χ4v) is 2.50. The van der Waals surface area contributed by atoms with Crippen LogP contribution in [-0.4, -0.2) is 25.5 Å². The molecule has 3 unspecified atom stereocenters. The molecule has 1 heterocycles. The molecule has 2 fully saturated rings. The van der Waals surface area contributed by atoms with Gasteiger partial charge in [-0.3, -0.25) is 4.79 Å². The molecule has 0 aromatic carbocycles. The van der Waals surface area contributed by atoms with Crippen molar-refractivity contribution in [2.24, 2.45) is 11.8 Å². The van der Waals surface area contributed by atoms with Crippen LogP contribution in [0.2, 0.25) is 0 Å². The SMILES string of the molecule is CNC1CC2CNC(=O)CC2C1. The average molecular weight is 168 g/mol. The van der Waals surface area contributed by atoms with Crippen molar-refractivity contribution in [3.63, 3.8) is 0 Å². The van der Waals surface area contributed by atoms with E-state index in [1.54, 1.807) is 0 Å². The fraction of sp³-hybridized carbons (Fsp3) is 0.889. The Kier molecular flexibility index (Phi) is 2.05. The summed E-state index contributed by atoms with van der Waals surface area (Å²) in [4.78, 5) is 11.1. The Morgan fingerprint density at radius 3 is 2.92 bits per heavy atom. The Balaban J connectivity index is 1.97. The van der Waals surface area contributed by atoms with Gasteiger partial charge in [-0.25, -0.2) is 0 Å². The zero-order chi connectivity index (χ0) is 8.55. The Morgan fingerprint density at radius 2 is 2.17 bits per heavy atom. The highest BCUT2D eigenvalue weighted by Gasteiger charge is 2.37. The summed E-state index contributed by atoms with van der Waals surface area (Å²) in [5.74, 6) is 1.63. The van der Waals surface area contributed by atoms with Crippen molar-refractivity contribution >= 4 is 5.91 Å². The molecule has 2 N–H and O–H groups in total. The first-order valence-electron chi connectivity index (χ1n) is 4.73. The molecule has 0 radical (unpaired) electrons. The van der Waals surface area contributed by atoms with E-state index in [0.717, 1.165) is 18.9 Å². The Hall–Kier alpha value is -0.570. The summed E-state index contributed by atoms with van der Waals surface area (Å²) < 4.78 is 0. The van der Waals surface area contributed by atoms with Crippen LogP contribution in [-0.2, 0) is 4.79 Å². The normalized spacial score (nSPS) is 40.8. The highest BCUT2D eigenvalue weighted by Crippen LogP contribution is 2.35. The van der Waals surface area contributed by atoms with Crippen molar-refractivity contribution in [1.29, 1.82) is 0 Å². The third-order valence-corrected chi connectivity index (χ3v) is 3.26. The van der Waals surface area contributed by atoms with Gasteiger partial charge in [-0.1, -0.05) is 0 Å². The predicted octanol–water partition coefficient (Wildman–Crippen LogP) is 0.120. The van der Waals surface area contributed by atoms with E-state index in [2.05, 4.69) is 10.6 Å². The first-order valence-corrected chi connectivity index (χ1v) is 4.73. The molecule has 12 heavy (non-hydrogen) atoms. The highest BCUT2D eigenvalue weighted by atomic mass is 16.1. The van der Waals surface area contributed by atoms with Crippen LogP contribution < -0.4 is 10.6 Å². The van der Waals surface area contributed by atoms with Crippen molar-refractivity contribution in [3.8, 4) is 0 Å². The molecule has 1 saturated heterocycles. The molecule has 0 aromatic heterocycles. The summed E-state index contributed by atoms with van der Waals surface area (Å²) in [5.41, 5.74) is 0. The minimum atomic E-state index is 0.244. The number of amides is 1. The lowest BCUT2D eigenvalue weighted by Crippen LogP contribution is -2.38. The summed E-state index contributed by atoms with van der Waals surface area (Å²) in [6, 6.07) is 0.646. The number of carbonyl (C=O) groups is 1. The number of rotatable bonds is 1. The molecule has 3 atom stereocenters. The van der Waals surface area contributed by atoms with E-state index in [0.29, 0.717) is 12.0 Å². The standard InChI is InChI=1S/C9H16N2O/c1-10-8-2-6-4-9(12)11-5-7(6)3-8/h6-8,10H,2-5H2,1H3,(H,11,12). The highest BCUT2D eigenvalue weighted by molar-refractivity contribution is 5.77. The molecule has 3 heteroatoms. The van der Waals surface area contributed by atoms with E-state index < -0.39 is 0 Å². The van der Waals surface area contributed by atoms with Crippen LogP contribution in [0.1, 0.15) is 19.3 Å². The van der Waals surface area contributed by atoms with Gasteiger partial charge >= 0.3 is 0 Å². The van der Waals surface area contributed by atoms with Gasteiger partial charge in [0.15, 0.2) is 0 Å². The lowest BCUT2D eigenvalue weighted by atomic mass is 9.89. The summed E-state index contributed by atoms with van der Waals surface area (Å²) >= 11 is 0. The first-order chi connectivity index (χ1) is 5.79. The molecule has 68 valence electrons. The van der Waals surface area contributed by atoms with E-state index in [4.69, 9.17) is 0 Å². The minimum Gasteiger partial charge on any atom is -0.356 e. The zero-order valence-electron chi connectivity index (χ0n) is 7.47. The molecule has 0 aromatic rings. The summed E-state index contributed by atoms with van der Waals surface area (Å²) in [6.07, 6.45) is 3.18. The van der Waals surface area contributed by atoms with Crippen LogP contribution in [0.5, 0.6) is 0 Å². The third-order valence-electron chi connectivity index (χ3n) is 3.26. The van der Waals surface area contributed by atoms with Gasteiger partial charge in [0.25, 0.3) is 0 Å². The van der Waals surface area contributed by atoms with Crippen LogP contribution in [0.4, 0.5) is 0 Å². The van der Waals surface area contributed by atoms with E-state index in [1.165, 1.54) is 12.8 Å². The Morgan fingerprint density at radius 1 is 1.42 bits per heavy atom. The topological polar surface area (TPSA) is 41.1 Å². The molecular weight excluding hydrogens is 152 g/mol. The van der Waals surface area contributed by atoms with Gasteiger partial charge in [0, 0.05) is 19.0 Å². The second kappa shape index (κ2) is 3.05. The lowest BCUT2D eigenvalue weighted by Gasteiger charge is -2.24. The smallest absolute Gasteiger partial charge is 0.220 e. The summed E-state index contributed by atoms with van der Waals surface area (Å²) in [5, 5.41) is 6.23. The van der Waals surface area contributed by atoms with Gasteiger partial charge in [0.1, 0.15) is 0 Å². The minimum absolute atomic E-state index is 0.244. The zero-order valence-corrected chi connectivity index (χ0v) is 7.47. The monoisotopic (exact) mass is 168 g/mol. The second-order valence-corrected chi connectivity index (χ2v) is 3.99. The van der Waals surface area contributed by atoms with Crippen molar-refractivity contribution in [2.45, 2.75) is 25.3 Å². The first kappa shape index (κ1) is 8.05. The Labute approximate surface area is 72.9 Å². The molecule has 2 rings (SSSR count). The maximum absolute atomic E-state index is 11.1. The van der Waals surface area contributed by atoms with Gasteiger partial charge < -0.3 is 10.6 Å². The van der Waals surface area contributed by atoms with Crippen molar-refractivity contribution in [2.75, 3.05) is 13.6 Å². The third kappa shape index (κ3) is 1.33. The maximum Gasteiger partial charge on any atom is 0.220 e. The average Bonchev–Trinajstić information content (AvgIpc) is 2.46. The molecule has 2 aliphatic rings. The molecule has 0 bridgehead atoms. The summed E-state index contributed by atoms with van der Waals surface area (Å²) in [7, 11) is 2.01. The van der Waals surface area contributed by atoms with Crippen molar-refractivity contribution in [3.05, 3.63) is 0 Å².